The summed E-state index contributed by atoms with van der Waals surface area (Å²) in [5.74, 6) is -0.167. The summed E-state index contributed by atoms with van der Waals surface area (Å²) in [5, 5.41) is 0. The van der Waals surface area contributed by atoms with Gasteiger partial charge in [-0.3, -0.25) is 4.79 Å². The predicted octanol–water partition coefficient (Wildman–Crippen LogP) is 2.39. The van der Waals surface area contributed by atoms with Gasteiger partial charge in [0.15, 0.2) is 0 Å². The maximum absolute atomic E-state index is 12.5. The third-order valence-corrected chi connectivity index (χ3v) is 4.95. The van der Waals surface area contributed by atoms with Crippen molar-refractivity contribution in [3.63, 3.8) is 0 Å². The Kier molecular flexibility index (Phi) is 4.91. The number of methoxy groups -OCH3 is 1. The Hall–Kier alpha value is -1.11. The van der Waals surface area contributed by atoms with Gasteiger partial charge in [0.05, 0.1) is 11.5 Å². The molecule has 1 saturated heterocycles. The van der Waals surface area contributed by atoms with Gasteiger partial charge in [-0.05, 0) is 43.5 Å². The summed E-state index contributed by atoms with van der Waals surface area (Å²) >= 11 is 0. The zero-order valence-corrected chi connectivity index (χ0v) is 13.6. The largest absolute Gasteiger partial charge is 0.380 e. The summed E-state index contributed by atoms with van der Waals surface area (Å²) in [6, 6.07) is 4.58. The van der Waals surface area contributed by atoms with Gasteiger partial charge in [-0.2, -0.15) is 0 Å². The minimum atomic E-state index is -3.89. The third kappa shape index (κ3) is 3.75. The number of likely N-dealkylation sites (tertiary alicyclic amines) is 1. The fraction of sp³-hybridized carbons (Fsp3) is 0.500. The molecule has 1 aromatic rings. The standard InChI is InChI=1S/C14H18ClNO4S/c1-10-4-3-5-16(10)14(17)12-6-11(9-20-2)7-13(8-12)21(15,18)19/h6-8,10H,3-5,9H2,1-2H3. The highest BCUT2D eigenvalue weighted by Crippen LogP contribution is 2.24. The van der Waals surface area contributed by atoms with E-state index in [4.69, 9.17) is 15.4 Å². The van der Waals surface area contributed by atoms with Crippen LogP contribution in [0.3, 0.4) is 0 Å². The molecule has 0 radical (unpaired) electrons. The third-order valence-electron chi connectivity index (χ3n) is 3.62. The molecule has 2 rings (SSSR count). The second-order valence-corrected chi connectivity index (χ2v) is 7.79. The van der Waals surface area contributed by atoms with Crippen molar-refractivity contribution < 1.29 is 17.9 Å². The van der Waals surface area contributed by atoms with Crippen molar-refractivity contribution in [1.29, 1.82) is 0 Å². The van der Waals surface area contributed by atoms with Gasteiger partial charge < -0.3 is 9.64 Å². The van der Waals surface area contributed by atoms with Crippen LogP contribution in [-0.4, -0.2) is 38.9 Å². The van der Waals surface area contributed by atoms with Crippen molar-refractivity contribution in [1.82, 2.24) is 4.90 Å². The summed E-state index contributed by atoms with van der Waals surface area (Å²) in [5.41, 5.74) is 0.937. The van der Waals surface area contributed by atoms with Crippen LogP contribution in [0.25, 0.3) is 0 Å². The number of nitrogens with zero attached hydrogens (tertiary/aromatic N) is 1. The zero-order chi connectivity index (χ0) is 15.6. The molecule has 0 spiro atoms. The summed E-state index contributed by atoms with van der Waals surface area (Å²) in [6.45, 7) is 2.90. The highest BCUT2D eigenvalue weighted by molar-refractivity contribution is 8.13. The van der Waals surface area contributed by atoms with Crippen LogP contribution in [0.15, 0.2) is 23.1 Å². The number of hydrogen-bond donors (Lipinski definition) is 0. The number of carbonyl (C=O) groups excluding carboxylic acids is 1. The summed E-state index contributed by atoms with van der Waals surface area (Å²) in [4.78, 5) is 14.2. The van der Waals surface area contributed by atoms with E-state index >= 15 is 0 Å². The van der Waals surface area contributed by atoms with Crippen LogP contribution in [0, 0.1) is 0 Å². The number of rotatable bonds is 4. The van der Waals surface area contributed by atoms with Gasteiger partial charge in [-0.1, -0.05) is 0 Å². The molecule has 1 aliphatic rings. The molecule has 1 fully saturated rings. The highest BCUT2D eigenvalue weighted by atomic mass is 35.7. The van der Waals surface area contributed by atoms with Crippen LogP contribution < -0.4 is 0 Å². The molecule has 5 nitrogen and oxygen atoms in total. The Bertz CT molecular complexity index is 644. The molecular weight excluding hydrogens is 314 g/mol. The summed E-state index contributed by atoms with van der Waals surface area (Å²) in [7, 11) is 3.02. The fourth-order valence-corrected chi connectivity index (χ4v) is 3.40. The molecular formula is C14H18ClNO4S. The van der Waals surface area contributed by atoms with E-state index in [1.807, 2.05) is 6.92 Å². The monoisotopic (exact) mass is 331 g/mol. The second kappa shape index (κ2) is 6.34. The first-order valence-corrected chi connectivity index (χ1v) is 9.02. The van der Waals surface area contributed by atoms with Crippen LogP contribution in [0.4, 0.5) is 0 Å². The van der Waals surface area contributed by atoms with Crippen molar-refractivity contribution in [3.8, 4) is 0 Å². The van der Waals surface area contributed by atoms with Gasteiger partial charge >= 0.3 is 0 Å². The first-order chi connectivity index (χ1) is 9.82. The van der Waals surface area contributed by atoms with Crippen molar-refractivity contribution in [3.05, 3.63) is 29.3 Å². The second-order valence-electron chi connectivity index (χ2n) is 5.23. The van der Waals surface area contributed by atoms with E-state index < -0.39 is 9.05 Å². The summed E-state index contributed by atoms with van der Waals surface area (Å²) in [6.07, 6.45) is 1.93. The Morgan fingerprint density at radius 3 is 2.67 bits per heavy atom. The predicted molar refractivity (Wildman–Crippen MR) is 79.9 cm³/mol. The molecule has 1 aliphatic heterocycles. The maximum Gasteiger partial charge on any atom is 0.261 e. The maximum atomic E-state index is 12.5. The SMILES string of the molecule is COCc1cc(C(=O)N2CCCC2C)cc(S(=O)(=O)Cl)c1. The van der Waals surface area contributed by atoms with Gasteiger partial charge in [0, 0.05) is 35.9 Å². The number of amides is 1. The molecule has 0 aromatic heterocycles. The van der Waals surface area contributed by atoms with E-state index in [0.717, 1.165) is 12.8 Å². The number of benzene rings is 1. The van der Waals surface area contributed by atoms with Crippen LogP contribution >= 0.6 is 10.7 Å². The minimum Gasteiger partial charge on any atom is -0.380 e. The molecule has 1 heterocycles. The van der Waals surface area contributed by atoms with Crippen LogP contribution in [0.5, 0.6) is 0 Å². The van der Waals surface area contributed by atoms with Crippen molar-refractivity contribution in [2.45, 2.75) is 37.3 Å². The smallest absolute Gasteiger partial charge is 0.261 e. The van der Waals surface area contributed by atoms with Crippen LogP contribution in [-0.2, 0) is 20.4 Å². The highest BCUT2D eigenvalue weighted by Gasteiger charge is 2.27. The Balaban J connectivity index is 2.42. The van der Waals surface area contributed by atoms with Gasteiger partial charge in [0.1, 0.15) is 0 Å². The van der Waals surface area contributed by atoms with Gasteiger partial charge in [0.25, 0.3) is 15.0 Å². The fourth-order valence-electron chi connectivity index (χ4n) is 2.58. The van der Waals surface area contributed by atoms with E-state index in [0.29, 0.717) is 17.7 Å². The van der Waals surface area contributed by atoms with Crippen LogP contribution in [0.1, 0.15) is 35.7 Å². The Labute approximate surface area is 129 Å². The quantitative estimate of drug-likeness (QED) is 0.795. The molecule has 116 valence electrons. The first-order valence-electron chi connectivity index (χ1n) is 6.71. The van der Waals surface area contributed by atoms with E-state index in [9.17, 15) is 13.2 Å². The van der Waals surface area contributed by atoms with E-state index in [1.54, 1.807) is 11.0 Å². The van der Waals surface area contributed by atoms with Crippen LogP contribution in [0.2, 0.25) is 0 Å². The normalized spacial score (nSPS) is 19.0. The molecule has 1 amide bonds. The molecule has 1 atom stereocenters. The van der Waals surface area contributed by atoms with E-state index in [-0.39, 0.29) is 23.5 Å². The molecule has 0 bridgehead atoms. The van der Waals surface area contributed by atoms with Gasteiger partial charge in [0.2, 0.25) is 0 Å². The summed E-state index contributed by atoms with van der Waals surface area (Å²) < 4.78 is 28.1. The van der Waals surface area contributed by atoms with Gasteiger partial charge in [-0.15, -0.1) is 0 Å². The number of hydrogen-bond acceptors (Lipinski definition) is 4. The average molecular weight is 332 g/mol. The van der Waals surface area contributed by atoms with Gasteiger partial charge in [-0.25, -0.2) is 8.42 Å². The molecule has 0 saturated carbocycles. The molecule has 0 aliphatic carbocycles. The van der Waals surface area contributed by atoms with Crippen molar-refractivity contribution >= 4 is 25.6 Å². The number of ether oxygens (including phenoxy) is 1. The molecule has 21 heavy (non-hydrogen) atoms. The number of halogens is 1. The molecule has 0 N–H and O–H groups in total. The molecule has 1 unspecified atom stereocenters. The lowest BCUT2D eigenvalue weighted by molar-refractivity contribution is 0.0747. The Morgan fingerprint density at radius 2 is 2.14 bits per heavy atom. The lowest BCUT2D eigenvalue weighted by atomic mass is 10.1. The van der Waals surface area contributed by atoms with E-state index in [1.165, 1.54) is 19.2 Å². The molecule has 7 heteroatoms. The number of carbonyl (C=O) groups is 1. The lowest BCUT2D eigenvalue weighted by Crippen LogP contribution is -2.33. The Morgan fingerprint density at radius 1 is 1.43 bits per heavy atom. The minimum absolute atomic E-state index is 0.0751. The first kappa shape index (κ1) is 16.3. The lowest BCUT2D eigenvalue weighted by Gasteiger charge is -2.22. The molecule has 1 aromatic carbocycles. The van der Waals surface area contributed by atoms with Crippen molar-refractivity contribution in [2.75, 3.05) is 13.7 Å². The zero-order valence-electron chi connectivity index (χ0n) is 12.0. The van der Waals surface area contributed by atoms with Crippen molar-refractivity contribution in [2.24, 2.45) is 0 Å². The van der Waals surface area contributed by atoms with E-state index in [2.05, 4.69) is 0 Å². The topological polar surface area (TPSA) is 63.7 Å². The average Bonchev–Trinajstić information content (AvgIpc) is 2.83.